The lowest BCUT2D eigenvalue weighted by Crippen LogP contribution is -2.36. The molecular weight excluding hydrogens is 266 g/mol. The van der Waals surface area contributed by atoms with Gasteiger partial charge in [0, 0.05) is 32.6 Å². The maximum absolute atomic E-state index is 11.9. The van der Waals surface area contributed by atoms with E-state index >= 15 is 0 Å². The summed E-state index contributed by atoms with van der Waals surface area (Å²) in [6, 6.07) is 1.57. The van der Waals surface area contributed by atoms with Gasteiger partial charge in [0.2, 0.25) is 5.91 Å². The maximum atomic E-state index is 11.9. The van der Waals surface area contributed by atoms with E-state index in [4.69, 9.17) is 0 Å². The Morgan fingerprint density at radius 1 is 1.38 bits per heavy atom. The zero-order valence-corrected chi connectivity index (χ0v) is 13.3. The van der Waals surface area contributed by atoms with Crippen LogP contribution >= 0.6 is 0 Å². The van der Waals surface area contributed by atoms with Crippen LogP contribution in [0.1, 0.15) is 44.9 Å². The Morgan fingerprint density at radius 2 is 2.05 bits per heavy atom. The first-order valence-corrected chi connectivity index (χ1v) is 7.61. The molecule has 0 saturated heterocycles. The van der Waals surface area contributed by atoms with Crippen LogP contribution in [-0.2, 0) is 4.79 Å². The smallest absolute Gasteiger partial charge is 0.244 e. The number of rotatable bonds is 7. The Hall–Kier alpha value is -1.85. The molecule has 1 heterocycles. The van der Waals surface area contributed by atoms with Gasteiger partial charge < -0.3 is 15.5 Å². The zero-order valence-electron chi connectivity index (χ0n) is 13.3. The standard InChI is InChI=1S/C15H25N5O/c1-5-8-16-12-9-13(17-10(2)15(21)20(3)4)19-14(18-12)11-6-7-11/h9-11H,5-8H2,1-4H3,(H2,16,17,18,19). The van der Waals surface area contributed by atoms with Crippen LogP contribution in [0.25, 0.3) is 0 Å². The Labute approximate surface area is 126 Å². The molecule has 116 valence electrons. The maximum Gasteiger partial charge on any atom is 0.244 e. The minimum atomic E-state index is -0.305. The highest BCUT2D eigenvalue weighted by Gasteiger charge is 2.27. The minimum Gasteiger partial charge on any atom is -0.370 e. The van der Waals surface area contributed by atoms with Crippen LogP contribution in [0.15, 0.2) is 6.07 Å². The van der Waals surface area contributed by atoms with Crippen LogP contribution in [-0.4, -0.2) is 47.5 Å². The van der Waals surface area contributed by atoms with Gasteiger partial charge in [-0.3, -0.25) is 4.79 Å². The Morgan fingerprint density at radius 3 is 2.62 bits per heavy atom. The number of aromatic nitrogens is 2. The molecule has 0 aliphatic heterocycles. The second-order valence-corrected chi connectivity index (χ2v) is 5.80. The molecule has 1 unspecified atom stereocenters. The summed E-state index contributed by atoms with van der Waals surface area (Å²) >= 11 is 0. The highest BCUT2D eigenvalue weighted by Crippen LogP contribution is 2.38. The van der Waals surface area contributed by atoms with Gasteiger partial charge in [0.15, 0.2) is 0 Å². The topological polar surface area (TPSA) is 70.2 Å². The fourth-order valence-electron chi connectivity index (χ4n) is 2.08. The fourth-order valence-corrected chi connectivity index (χ4v) is 2.08. The first-order chi connectivity index (χ1) is 10.0. The summed E-state index contributed by atoms with van der Waals surface area (Å²) in [5, 5.41) is 6.48. The van der Waals surface area contributed by atoms with E-state index < -0.39 is 0 Å². The van der Waals surface area contributed by atoms with Crippen molar-refractivity contribution in [2.75, 3.05) is 31.3 Å². The monoisotopic (exact) mass is 291 g/mol. The molecule has 1 fully saturated rings. The average molecular weight is 291 g/mol. The molecule has 1 amide bonds. The van der Waals surface area contributed by atoms with E-state index in [-0.39, 0.29) is 11.9 Å². The molecule has 1 aliphatic rings. The van der Waals surface area contributed by atoms with Gasteiger partial charge in [-0.15, -0.1) is 0 Å². The van der Waals surface area contributed by atoms with Gasteiger partial charge in [0.1, 0.15) is 23.5 Å². The lowest BCUT2D eigenvalue weighted by Gasteiger charge is -2.19. The molecule has 2 N–H and O–H groups in total. The quantitative estimate of drug-likeness (QED) is 0.804. The largest absolute Gasteiger partial charge is 0.370 e. The van der Waals surface area contributed by atoms with Gasteiger partial charge in [-0.2, -0.15) is 0 Å². The van der Waals surface area contributed by atoms with Gasteiger partial charge in [-0.1, -0.05) is 6.92 Å². The SMILES string of the molecule is CCCNc1cc(NC(C)C(=O)N(C)C)nc(C2CC2)n1. The molecule has 6 heteroatoms. The first-order valence-electron chi connectivity index (χ1n) is 7.61. The molecular formula is C15H25N5O. The summed E-state index contributed by atoms with van der Waals surface area (Å²) in [5.41, 5.74) is 0. The normalized spacial score (nSPS) is 15.4. The van der Waals surface area contributed by atoms with Crippen molar-refractivity contribution < 1.29 is 4.79 Å². The molecule has 0 aromatic carbocycles. The van der Waals surface area contributed by atoms with E-state index in [1.807, 2.05) is 13.0 Å². The highest BCUT2D eigenvalue weighted by molar-refractivity contribution is 5.83. The van der Waals surface area contributed by atoms with Gasteiger partial charge >= 0.3 is 0 Å². The van der Waals surface area contributed by atoms with E-state index in [1.165, 1.54) is 0 Å². The van der Waals surface area contributed by atoms with Crippen molar-refractivity contribution >= 4 is 17.5 Å². The van der Waals surface area contributed by atoms with Crippen LogP contribution in [0.5, 0.6) is 0 Å². The Balaban J connectivity index is 2.13. The van der Waals surface area contributed by atoms with Crippen molar-refractivity contribution in [1.29, 1.82) is 0 Å². The lowest BCUT2D eigenvalue weighted by molar-refractivity contribution is -0.129. The predicted molar refractivity (Wildman–Crippen MR) is 84.6 cm³/mol. The van der Waals surface area contributed by atoms with Gasteiger partial charge in [-0.25, -0.2) is 9.97 Å². The second kappa shape index (κ2) is 6.74. The summed E-state index contributed by atoms with van der Waals surface area (Å²) in [7, 11) is 3.51. The van der Waals surface area contributed by atoms with Crippen LogP contribution < -0.4 is 10.6 Å². The van der Waals surface area contributed by atoms with Crippen LogP contribution in [0.3, 0.4) is 0 Å². The Kier molecular flexibility index (Phi) is 4.98. The van der Waals surface area contributed by atoms with E-state index in [1.54, 1.807) is 19.0 Å². The van der Waals surface area contributed by atoms with Crippen LogP contribution in [0, 0.1) is 0 Å². The van der Waals surface area contributed by atoms with Crippen molar-refractivity contribution in [3.05, 3.63) is 11.9 Å². The molecule has 1 aromatic heterocycles. The lowest BCUT2D eigenvalue weighted by atomic mass is 10.3. The third kappa shape index (κ3) is 4.31. The number of amides is 1. The predicted octanol–water partition coefficient (Wildman–Crippen LogP) is 2.06. The zero-order chi connectivity index (χ0) is 15.4. The number of carbonyl (C=O) groups excluding carboxylic acids is 1. The summed E-state index contributed by atoms with van der Waals surface area (Å²) in [5.74, 6) is 2.94. The molecule has 1 saturated carbocycles. The van der Waals surface area contributed by atoms with E-state index in [0.717, 1.165) is 37.4 Å². The van der Waals surface area contributed by atoms with E-state index in [9.17, 15) is 4.79 Å². The average Bonchev–Trinajstić information content (AvgIpc) is 3.28. The number of hydrogen-bond acceptors (Lipinski definition) is 5. The number of likely N-dealkylation sites (N-methyl/N-ethyl adjacent to an activating group) is 1. The number of anilines is 2. The molecule has 0 radical (unpaired) electrons. The molecule has 1 atom stereocenters. The van der Waals surface area contributed by atoms with E-state index in [2.05, 4.69) is 27.5 Å². The molecule has 0 spiro atoms. The van der Waals surface area contributed by atoms with Crippen molar-refractivity contribution in [3.63, 3.8) is 0 Å². The molecule has 2 rings (SSSR count). The summed E-state index contributed by atoms with van der Waals surface area (Å²) in [6.45, 7) is 4.85. The number of nitrogens with zero attached hydrogens (tertiary/aromatic N) is 3. The van der Waals surface area contributed by atoms with Crippen molar-refractivity contribution in [1.82, 2.24) is 14.9 Å². The first kappa shape index (κ1) is 15.5. The van der Waals surface area contributed by atoms with Gasteiger partial charge in [0.25, 0.3) is 0 Å². The van der Waals surface area contributed by atoms with E-state index in [0.29, 0.717) is 11.7 Å². The molecule has 6 nitrogen and oxygen atoms in total. The third-order valence-electron chi connectivity index (χ3n) is 3.42. The number of carbonyl (C=O) groups is 1. The van der Waals surface area contributed by atoms with Crippen LogP contribution in [0.4, 0.5) is 11.6 Å². The minimum absolute atomic E-state index is 0.0321. The Bertz CT molecular complexity index is 499. The van der Waals surface area contributed by atoms with Crippen molar-refractivity contribution in [2.45, 2.75) is 45.1 Å². The summed E-state index contributed by atoms with van der Waals surface area (Å²) in [4.78, 5) is 22.6. The highest BCUT2D eigenvalue weighted by atomic mass is 16.2. The van der Waals surface area contributed by atoms with Gasteiger partial charge in [-0.05, 0) is 26.2 Å². The van der Waals surface area contributed by atoms with Gasteiger partial charge in [0.05, 0.1) is 0 Å². The van der Waals surface area contributed by atoms with Crippen molar-refractivity contribution in [3.8, 4) is 0 Å². The third-order valence-corrected chi connectivity index (χ3v) is 3.42. The molecule has 21 heavy (non-hydrogen) atoms. The number of nitrogens with one attached hydrogen (secondary N) is 2. The van der Waals surface area contributed by atoms with Crippen LogP contribution in [0.2, 0.25) is 0 Å². The summed E-state index contributed by atoms with van der Waals surface area (Å²) in [6.07, 6.45) is 3.35. The second-order valence-electron chi connectivity index (χ2n) is 5.80. The molecule has 0 bridgehead atoms. The summed E-state index contributed by atoms with van der Waals surface area (Å²) < 4.78 is 0. The fraction of sp³-hybridized carbons (Fsp3) is 0.667. The molecule has 1 aliphatic carbocycles. The molecule has 1 aromatic rings. The van der Waals surface area contributed by atoms with Crippen molar-refractivity contribution in [2.24, 2.45) is 0 Å². The number of hydrogen-bond donors (Lipinski definition) is 2.